The van der Waals surface area contributed by atoms with Crippen LogP contribution in [0.2, 0.25) is 0 Å². The normalized spacial score (nSPS) is 11.3. The molecule has 0 saturated heterocycles. The number of carboxylic acids is 1. The summed E-state index contributed by atoms with van der Waals surface area (Å²) < 4.78 is 4.84. The summed E-state index contributed by atoms with van der Waals surface area (Å²) in [5.74, 6) is -1.87. The molecule has 8 heteroatoms. The van der Waals surface area contributed by atoms with Gasteiger partial charge in [0.15, 0.2) is 5.75 Å². The fourth-order valence-corrected chi connectivity index (χ4v) is 1.76. The lowest BCUT2D eigenvalue weighted by Crippen LogP contribution is -2.40. The van der Waals surface area contributed by atoms with Crippen LogP contribution in [0.25, 0.3) is 0 Å². The van der Waals surface area contributed by atoms with Gasteiger partial charge in [-0.25, -0.2) is 4.79 Å². The quantitative estimate of drug-likeness (QED) is 0.429. The van der Waals surface area contributed by atoms with Gasteiger partial charge in [0.25, 0.3) is 5.91 Å². The number of rotatable bonds is 8. The number of nitro benzene ring substituents is 1. The van der Waals surface area contributed by atoms with Crippen LogP contribution in [-0.4, -0.2) is 35.1 Å². The van der Waals surface area contributed by atoms with Gasteiger partial charge >= 0.3 is 11.7 Å². The summed E-state index contributed by atoms with van der Waals surface area (Å²) >= 11 is 0. The van der Waals surface area contributed by atoms with Crippen molar-refractivity contribution in [3.63, 3.8) is 0 Å². The molecule has 0 fully saturated rings. The average Bonchev–Trinajstić information content (AvgIpc) is 2.50. The van der Waals surface area contributed by atoms with E-state index in [0.717, 1.165) is 6.07 Å². The molecule has 0 aliphatic rings. The van der Waals surface area contributed by atoms with Gasteiger partial charge in [0.05, 0.1) is 12.0 Å². The van der Waals surface area contributed by atoms with Crippen LogP contribution in [0.15, 0.2) is 30.9 Å². The smallest absolute Gasteiger partial charge is 0.326 e. The van der Waals surface area contributed by atoms with Gasteiger partial charge in [-0.1, -0.05) is 6.08 Å². The van der Waals surface area contributed by atoms with Crippen LogP contribution < -0.4 is 10.1 Å². The number of nitrogens with zero attached hydrogens (tertiary/aromatic N) is 1. The lowest BCUT2D eigenvalue weighted by molar-refractivity contribution is -0.385. The zero-order valence-electron chi connectivity index (χ0n) is 11.9. The third-order valence-electron chi connectivity index (χ3n) is 2.90. The van der Waals surface area contributed by atoms with Crippen LogP contribution in [0.3, 0.4) is 0 Å². The molecule has 22 heavy (non-hydrogen) atoms. The van der Waals surface area contributed by atoms with Crippen molar-refractivity contribution in [1.82, 2.24) is 5.32 Å². The molecule has 0 radical (unpaired) electrons. The van der Waals surface area contributed by atoms with E-state index in [1.165, 1.54) is 19.2 Å². The van der Waals surface area contributed by atoms with E-state index < -0.39 is 22.8 Å². The number of ether oxygens (including phenoxy) is 1. The second-order valence-corrected chi connectivity index (χ2v) is 4.37. The summed E-state index contributed by atoms with van der Waals surface area (Å²) in [6.45, 7) is 3.48. The Balaban J connectivity index is 2.97. The molecule has 0 aliphatic carbocycles. The molecule has 0 heterocycles. The lowest BCUT2D eigenvalue weighted by Gasteiger charge is -2.13. The minimum atomic E-state index is -1.18. The number of aliphatic carboxylic acids is 1. The summed E-state index contributed by atoms with van der Waals surface area (Å²) in [6.07, 6.45) is 2.14. The monoisotopic (exact) mass is 308 g/mol. The Bertz CT molecular complexity index is 599. The van der Waals surface area contributed by atoms with E-state index in [1.807, 2.05) is 0 Å². The highest BCUT2D eigenvalue weighted by Gasteiger charge is 2.22. The van der Waals surface area contributed by atoms with Crippen molar-refractivity contribution < 1.29 is 24.4 Å². The molecule has 1 unspecified atom stereocenters. The zero-order valence-corrected chi connectivity index (χ0v) is 11.9. The van der Waals surface area contributed by atoms with Crippen molar-refractivity contribution in [3.05, 3.63) is 46.5 Å². The van der Waals surface area contributed by atoms with Gasteiger partial charge in [-0.3, -0.25) is 14.9 Å². The van der Waals surface area contributed by atoms with Gasteiger partial charge in [0.2, 0.25) is 0 Å². The summed E-state index contributed by atoms with van der Waals surface area (Å²) in [5, 5.41) is 22.3. The number of hydrogen-bond donors (Lipinski definition) is 2. The number of benzene rings is 1. The Kier molecular flexibility index (Phi) is 6.06. The van der Waals surface area contributed by atoms with Crippen molar-refractivity contribution in [1.29, 1.82) is 0 Å². The summed E-state index contributed by atoms with van der Waals surface area (Å²) in [5.41, 5.74) is -0.384. The van der Waals surface area contributed by atoms with Gasteiger partial charge < -0.3 is 15.2 Å². The topological polar surface area (TPSA) is 119 Å². The first-order valence-corrected chi connectivity index (χ1v) is 6.37. The van der Waals surface area contributed by atoms with Crippen molar-refractivity contribution in [3.8, 4) is 5.75 Å². The third-order valence-corrected chi connectivity index (χ3v) is 2.90. The Morgan fingerprint density at radius 3 is 2.73 bits per heavy atom. The number of carbonyl (C=O) groups excluding carboxylic acids is 1. The van der Waals surface area contributed by atoms with Gasteiger partial charge in [-0.15, -0.1) is 6.58 Å². The zero-order chi connectivity index (χ0) is 16.7. The van der Waals surface area contributed by atoms with Crippen LogP contribution in [0.5, 0.6) is 5.75 Å². The van der Waals surface area contributed by atoms with Crippen molar-refractivity contribution in [2.45, 2.75) is 18.9 Å². The molecule has 1 amide bonds. The molecule has 118 valence electrons. The summed E-state index contributed by atoms with van der Waals surface area (Å²) in [6, 6.07) is 2.56. The standard InChI is InChI=1S/C14H16N2O6/c1-3-4-5-10(14(18)19)15-13(17)9-6-7-12(22-2)11(8-9)16(20)21/h3,6-8,10H,1,4-5H2,2H3,(H,15,17)(H,18,19). The summed E-state index contributed by atoms with van der Waals surface area (Å²) in [7, 11) is 1.28. The van der Waals surface area contributed by atoms with Crippen LogP contribution in [0, 0.1) is 10.1 Å². The van der Waals surface area contributed by atoms with E-state index in [1.54, 1.807) is 6.08 Å². The second kappa shape index (κ2) is 7.77. The fourth-order valence-electron chi connectivity index (χ4n) is 1.76. The number of amides is 1. The maximum absolute atomic E-state index is 12.0. The molecular formula is C14H16N2O6. The van der Waals surface area contributed by atoms with Crippen LogP contribution in [0.4, 0.5) is 5.69 Å². The first-order valence-electron chi connectivity index (χ1n) is 6.37. The number of nitro groups is 1. The van der Waals surface area contributed by atoms with Gasteiger partial charge in [-0.05, 0) is 25.0 Å². The van der Waals surface area contributed by atoms with E-state index in [4.69, 9.17) is 9.84 Å². The molecule has 2 N–H and O–H groups in total. The fraction of sp³-hybridized carbons (Fsp3) is 0.286. The van der Waals surface area contributed by atoms with Gasteiger partial charge in [-0.2, -0.15) is 0 Å². The molecular weight excluding hydrogens is 292 g/mol. The second-order valence-electron chi connectivity index (χ2n) is 4.37. The molecule has 0 saturated carbocycles. The molecule has 8 nitrogen and oxygen atoms in total. The average molecular weight is 308 g/mol. The minimum absolute atomic E-state index is 0.0163. The van der Waals surface area contributed by atoms with E-state index >= 15 is 0 Å². The SMILES string of the molecule is C=CCCC(NC(=O)c1ccc(OC)c([N+](=O)[O-])c1)C(=O)O. The first-order chi connectivity index (χ1) is 10.4. The molecule has 1 rings (SSSR count). The molecule has 1 aromatic rings. The maximum Gasteiger partial charge on any atom is 0.326 e. The number of hydrogen-bond acceptors (Lipinski definition) is 5. The molecule has 0 bridgehead atoms. The van der Waals surface area contributed by atoms with Crippen molar-refractivity contribution in [2.75, 3.05) is 7.11 Å². The lowest BCUT2D eigenvalue weighted by atomic mass is 10.1. The van der Waals surface area contributed by atoms with Crippen LogP contribution >= 0.6 is 0 Å². The predicted octanol–water partition coefficient (Wildman–Crippen LogP) is 1.75. The van der Waals surface area contributed by atoms with Crippen LogP contribution in [-0.2, 0) is 4.79 Å². The number of methoxy groups -OCH3 is 1. The van der Waals surface area contributed by atoms with E-state index in [0.29, 0.717) is 6.42 Å². The Labute approximate surface area is 126 Å². The molecule has 1 aromatic carbocycles. The number of allylic oxidation sites excluding steroid dienone is 1. The third kappa shape index (κ3) is 4.30. The molecule has 0 spiro atoms. The minimum Gasteiger partial charge on any atom is -0.490 e. The van der Waals surface area contributed by atoms with Gasteiger partial charge in [0, 0.05) is 11.6 Å². The van der Waals surface area contributed by atoms with E-state index in [9.17, 15) is 19.7 Å². The highest BCUT2D eigenvalue weighted by molar-refractivity contribution is 5.97. The number of carboxylic acid groups (broad SMARTS) is 1. The molecule has 0 aromatic heterocycles. The van der Waals surface area contributed by atoms with Gasteiger partial charge in [0.1, 0.15) is 6.04 Å². The summed E-state index contributed by atoms with van der Waals surface area (Å²) in [4.78, 5) is 33.3. The van der Waals surface area contributed by atoms with Crippen LogP contribution in [0.1, 0.15) is 23.2 Å². The maximum atomic E-state index is 12.0. The number of carbonyl (C=O) groups is 2. The van der Waals surface area contributed by atoms with Crippen molar-refractivity contribution in [2.24, 2.45) is 0 Å². The van der Waals surface area contributed by atoms with Crippen molar-refractivity contribution >= 4 is 17.6 Å². The Morgan fingerprint density at radius 1 is 1.55 bits per heavy atom. The Hall–Kier alpha value is -2.90. The first kappa shape index (κ1) is 17.2. The van der Waals surface area contributed by atoms with E-state index in [-0.39, 0.29) is 23.4 Å². The highest BCUT2D eigenvalue weighted by Crippen LogP contribution is 2.27. The van der Waals surface area contributed by atoms with E-state index in [2.05, 4.69) is 11.9 Å². The molecule has 0 aliphatic heterocycles. The highest BCUT2D eigenvalue weighted by atomic mass is 16.6. The Morgan fingerprint density at radius 2 is 2.23 bits per heavy atom. The molecule has 1 atom stereocenters. The number of nitrogens with one attached hydrogen (secondary N) is 1. The largest absolute Gasteiger partial charge is 0.490 e. The predicted molar refractivity (Wildman–Crippen MR) is 78.0 cm³/mol.